The van der Waals surface area contributed by atoms with Crippen molar-refractivity contribution in [2.45, 2.75) is 38.6 Å². The molecule has 0 saturated heterocycles. The highest BCUT2D eigenvalue weighted by molar-refractivity contribution is 7.92. The van der Waals surface area contributed by atoms with Crippen LogP contribution in [-0.2, 0) is 10.0 Å². The molecule has 1 amide bonds. The number of anilines is 1. The molecule has 0 spiro atoms. The average Bonchev–Trinajstić information content (AvgIpc) is 2.74. The largest absolute Gasteiger partial charge is 0.346 e. The summed E-state index contributed by atoms with van der Waals surface area (Å²) in [7, 11) is -2.23. The monoisotopic (exact) mass is 436 g/mol. The molecule has 0 bridgehead atoms. The minimum atomic E-state index is -3.74. The first-order valence-corrected chi connectivity index (χ1v) is 11.6. The number of carbonyl (C=O) groups is 1. The molecule has 0 unspecified atom stereocenters. The summed E-state index contributed by atoms with van der Waals surface area (Å²) in [6, 6.07) is 19.6. The van der Waals surface area contributed by atoms with Crippen LogP contribution in [0.15, 0.2) is 71.6 Å². The van der Waals surface area contributed by atoms with E-state index in [1.54, 1.807) is 42.5 Å². The van der Waals surface area contributed by atoms with Gasteiger partial charge in [0, 0.05) is 12.6 Å². The summed E-state index contributed by atoms with van der Waals surface area (Å²) in [6.07, 6.45) is 0. The highest BCUT2D eigenvalue weighted by Crippen LogP contribution is 2.27. The first-order chi connectivity index (χ1) is 14.6. The van der Waals surface area contributed by atoms with Crippen molar-refractivity contribution in [1.82, 2.24) is 5.32 Å². The van der Waals surface area contributed by atoms with Crippen LogP contribution in [0.4, 0.5) is 5.69 Å². The van der Waals surface area contributed by atoms with Crippen LogP contribution in [-0.4, -0.2) is 21.4 Å². The molecule has 0 saturated carbocycles. The molecule has 1 atom stereocenters. The van der Waals surface area contributed by atoms with Gasteiger partial charge in [-0.15, -0.1) is 0 Å². The van der Waals surface area contributed by atoms with Crippen molar-refractivity contribution in [3.63, 3.8) is 0 Å². The van der Waals surface area contributed by atoms with E-state index in [1.807, 2.05) is 52.0 Å². The number of rotatable bonds is 6. The quantitative estimate of drug-likeness (QED) is 0.596. The van der Waals surface area contributed by atoms with Crippen LogP contribution >= 0.6 is 0 Å². The molecule has 3 aromatic carbocycles. The lowest BCUT2D eigenvalue weighted by Crippen LogP contribution is -2.29. The molecule has 5 nitrogen and oxygen atoms in total. The topological polar surface area (TPSA) is 66.5 Å². The molecule has 0 fully saturated rings. The molecule has 162 valence electrons. The summed E-state index contributed by atoms with van der Waals surface area (Å²) in [5.41, 5.74) is 4.77. The fourth-order valence-corrected chi connectivity index (χ4v) is 4.77. The van der Waals surface area contributed by atoms with E-state index in [1.165, 1.54) is 11.4 Å². The van der Waals surface area contributed by atoms with Gasteiger partial charge in [-0.1, -0.05) is 48.0 Å². The first-order valence-electron chi connectivity index (χ1n) is 10.1. The van der Waals surface area contributed by atoms with Crippen molar-refractivity contribution in [2.24, 2.45) is 0 Å². The second kappa shape index (κ2) is 8.94. The van der Waals surface area contributed by atoms with Gasteiger partial charge in [0.15, 0.2) is 0 Å². The van der Waals surface area contributed by atoms with Crippen LogP contribution in [0.2, 0.25) is 0 Å². The van der Waals surface area contributed by atoms with Gasteiger partial charge in [0.1, 0.15) is 0 Å². The van der Waals surface area contributed by atoms with Gasteiger partial charge in [0.25, 0.3) is 15.9 Å². The van der Waals surface area contributed by atoms with Gasteiger partial charge in [-0.3, -0.25) is 9.10 Å². The maximum atomic E-state index is 13.1. The Bertz CT molecular complexity index is 1200. The predicted octanol–water partition coefficient (Wildman–Crippen LogP) is 4.93. The van der Waals surface area contributed by atoms with E-state index in [0.717, 1.165) is 22.3 Å². The number of carbonyl (C=O) groups excluding carboxylic acids is 1. The van der Waals surface area contributed by atoms with E-state index in [4.69, 9.17) is 0 Å². The molecule has 0 heterocycles. The lowest BCUT2D eigenvalue weighted by molar-refractivity contribution is 0.0940. The van der Waals surface area contributed by atoms with Gasteiger partial charge < -0.3 is 5.32 Å². The smallest absolute Gasteiger partial charge is 0.264 e. The summed E-state index contributed by atoms with van der Waals surface area (Å²) < 4.78 is 27.4. The van der Waals surface area contributed by atoms with Crippen LogP contribution in [0.25, 0.3) is 0 Å². The number of amides is 1. The van der Waals surface area contributed by atoms with E-state index >= 15 is 0 Å². The van der Waals surface area contributed by atoms with Crippen LogP contribution in [0.3, 0.4) is 0 Å². The van der Waals surface area contributed by atoms with Crippen molar-refractivity contribution >= 4 is 21.6 Å². The minimum absolute atomic E-state index is 0.174. The van der Waals surface area contributed by atoms with Crippen molar-refractivity contribution in [2.75, 3.05) is 11.4 Å². The SMILES string of the molecule is Cc1ccc(S(=O)(=O)N(C)c2cc(C(=O)N[C@@H](C)c3ccccc3C)ccc2C)cc1. The van der Waals surface area contributed by atoms with Gasteiger partial charge >= 0.3 is 0 Å². The van der Waals surface area contributed by atoms with Crippen LogP contribution in [0.5, 0.6) is 0 Å². The Balaban J connectivity index is 1.88. The molecule has 6 heteroatoms. The average molecular weight is 437 g/mol. The van der Waals surface area contributed by atoms with Crippen molar-refractivity contribution in [3.05, 3.63) is 94.5 Å². The molecule has 3 aromatic rings. The fourth-order valence-electron chi connectivity index (χ4n) is 3.52. The Morgan fingerprint density at radius 2 is 1.55 bits per heavy atom. The highest BCUT2D eigenvalue weighted by Gasteiger charge is 2.23. The highest BCUT2D eigenvalue weighted by atomic mass is 32.2. The molecule has 0 aliphatic heterocycles. The minimum Gasteiger partial charge on any atom is -0.346 e. The summed E-state index contributed by atoms with van der Waals surface area (Å²) in [5, 5.41) is 3.01. The maximum absolute atomic E-state index is 13.1. The molecule has 1 N–H and O–H groups in total. The molecule has 0 aliphatic carbocycles. The lowest BCUT2D eigenvalue weighted by Gasteiger charge is -2.23. The van der Waals surface area contributed by atoms with Gasteiger partial charge in [-0.2, -0.15) is 0 Å². The van der Waals surface area contributed by atoms with Crippen LogP contribution in [0, 0.1) is 20.8 Å². The standard InChI is InChI=1S/C25H28N2O3S/c1-17-10-14-22(15-11-17)31(29,30)27(5)24-16-21(13-12-19(24)3)25(28)26-20(4)23-9-7-6-8-18(23)2/h6-16,20H,1-5H3,(H,26,28)/t20-/m0/s1. The summed E-state index contributed by atoms with van der Waals surface area (Å²) in [4.78, 5) is 13.1. The Kier molecular flexibility index (Phi) is 6.51. The lowest BCUT2D eigenvalue weighted by atomic mass is 10.0. The molecule has 0 aromatic heterocycles. The van der Waals surface area contributed by atoms with Gasteiger partial charge in [0.2, 0.25) is 0 Å². The van der Waals surface area contributed by atoms with Gasteiger partial charge in [0.05, 0.1) is 16.6 Å². The summed E-state index contributed by atoms with van der Waals surface area (Å²) in [6.45, 7) is 7.68. The summed E-state index contributed by atoms with van der Waals surface area (Å²) >= 11 is 0. The Hall–Kier alpha value is -3.12. The number of nitrogens with one attached hydrogen (secondary N) is 1. The van der Waals surface area contributed by atoms with E-state index in [2.05, 4.69) is 5.32 Å². The number of nitrogens with zero attached hydrogens (tertiary/aromatic N) is 1. The zero-order chi connectivity index (χ0) is 22.8. The number of sulfonamides is 1. The molecule has 3 rings (SSSR count). The third kappa shape index (κ3) is 4.80. The molecule has 0 aliphatic rings. The predicted molar refractivity (Wildman–Crippen MR) is 125 cm³/mol. The third-order valence-electron chi connectivity index (χ3n) is 5.49. The Morgan fingerprint density at radius 1 is 0.903 bits per heavy atom. The second-order valence-corrected chi connectivity index (χ2v) is 9.81. The number of aryl methyl sites for hydroxylation is 3. The maximum Gasteiger partial charge on any atom is 0.264 e. The van der Waals surface area contributed by atoms with Gasteiger partial charge in [-0.25, -0.2) is 8.42 Å². The van der Waals surface area contributed by atoms with Gasteiger partial charge in [-0.05, 0) is 68.7 Å². The number of benzene rings is 3. The van der Waals surface area contributed by atoms with Crippen molar-refractivity contribution < 1.29 is 13.2 Å². The zero-order valence-electron chi connectivity index (χ0n) is 18.5. The van der Waals surface area contributed by atoms with E-state index < -0.39 is 10.0 Å². The Morgan fingerprint density at radius 3 is 2.19 bits per heavy atom. The Labute approximate surface area is 184 Å². The van der Waals surface area contributed by atoms with Crippen LogP contribution in [0.1, 0.15) is 45.6 Å². The van der Waals surface area contributed by atoms with Crippen molar-refractivity contribution in [3.8, 4) is 0 Å². The van der Waals surface area contributed by atoms with Crippen LogP contribution < -0.4 is 9.62 Å². The number of hydrogen-bond donors (Lipinski definition) is 1. The van der Waals surface area contributed by atoms with E-state index in [-0.39, 0.29) is 16.8 Å². The summed E-state index contributed by atoms with van der Waals surface area (Å²) in [5.74, 6) is -0.252. The third-order valence-corrected chi connectivity index (χ3v) is 7.28. The normalized spacial score (nSPS) is 12.3. The van der Waals surface area contributed by atoms with Crippen molar-refractivity contribution in [1.29, 1.82) is 0 Å². The van der Waals surface area contributed by atoms with E-state index in [0.29, 0.717) is 11.3 Å². The zero-order valence-corrected chi connectivity index (χ0v) is 19.3. The second-order valence-electron chi connectivity index (χ2n) is 7.84. The number of hydrogen-bond acceptors (Lipinski definition) is 3. The molecule has 31 heavy (non-hydrogen) atoms. The molecular formula is C25H28N2O3S. The molecule has 0 radical (unpaired) electrons. The fraction of sp³-hybridized carbons (Fsp3) is 0.240. The first kappa shape index (κ1) is 22.6. The van der Waals surface area contributed by atoms with E-state index in [9.17, 15) is 13.2 Å². The molecular weight excluding hydrogens is 408 g/mol.